The van der Waals surface area contributed by atoms with Gasteiger partial charge in [-0.15, -0.1) is 0 Å². The van der Waals surface area contributed by atoms with Crippen molar-refractivity contribution in [3.8, 4) is 17.2 Å². The number of sulfonamides is 1. The Morgan fingerprint density at radius 2 is 1.59 bits per heavy atom. The van der Waals surface area contributed by atoms with Crippen molar-refractivity contribution in [1.29, 1.82) is 0 Å². The second-order valence-electron chi connectivity index (χ2n) is 7.22. The Morgan fingerprint density at radius 3 is 2.25 bits per heavy atom. The molecular formula is C24H26N2O5S. The number of anilines is 1. The highest BCUT2D eigenvalue weighted by Crippen LogP contribution is 2.31. The number of methoxy groups -OCH3 is 1. The van der Waals surface area contributed by atoms with E-state index in [2.05, 4.69) is 10.0 Å². The molecule has 0 spiro atoms. The maximum absolute atomic E-state index is 12.4. The summed E-state index contributed by atoms with van der Waals surface area (Å²) in [5, 5.41) is 2.74. The average Bonchev–Trinajstić information content (AvgIpc) is 2.77. The monoisotopic (exact) mass is 454 g/mol. The van der Waals surface area contributed by atoms with Crippen LogP contribution in [0.15, 0.2) is 71.6 Å². The number of amides is 1. The Morgan fingerprint density at radius 1 is 0.906 bits per heavy atom. The zero-order valence-corrected chi connectivity index (χ0v) is 19.0. The van der Waals surface area contributed by atoms with Crippen molar-refractivity contribution in [2.45, 2.75) is 25.2 Å². The van der Waals surface area contributed by atoms with Crippen molar-refractivity contribution >= 4 is 21.6 Å². The summed E-state index contributed by atoms with van der Waals surface area (Å²) < 4.78 is 38.3. The van der Waals surface area contributed by atoms with Crippen molar-refractivity contribution < 1.29 is 22.7 Å². The summed E-state index contributed by atoms with van der Waals surface area (Å²) in [4.78, 5) is 12.4. The zero-order valence-electron chi connectivity index (χ0n) is 18.2. The molecule has 0 aromatic heterocycles. The molecule has 7 nitrogen and oxygen atoms in total. The summed E-state index contributed by atoms with van der Waals surface area (Å²) in [5.41, 5.74) is 2.49. The summed E-state index contributed by atoms with van der Waals surface area (Å²) >= 11 is 0. The van der Waals surface area contributed by atoms with E-state index in [0.29, 0.717) is 22.9 Å². The van der Waals surface area contributed by atoms with Crippen LogP contribution in [-0.4, -0.2) is 28.0 Å². The van der Waals surface area contributed by atoms with E-state index >= 15 is 0 Å². The van der Waals surface area contributed by atoms with Crippen LogP contribution in [-0.2, 0) is 14.8 Å². The second kappa shape index (κ2) is 10.3. The molecule has 8 heteroatoms. The van der Waals surface area contributed by atoms with Crippen molar-refractivity contribution in [2.24, 2.45) is 0 Å². The lowest BCUT2D eigenvalue weighted by Crippen LogP contribution is -2.28. The van der Waals surface area contributed by atoms with E-state index in [4.69, 9.17) is 9.47 Å². The first-order chi connectivity index (χ1) is 15.3. The maximum atomic E-state index is 12.4. The molecule has 0 bridgehead atoms. The summed E-state index contributed by atoms with van der Waals surface area (Å²) in [5.74, 6) is 1.50. The fraction of sp³-hybridized carbons (Fsp3) is 0.208. The number of nitrogens with one attached hydrogen (secondary N) is 2. The Labute approximate surface area is 188 Å². The van der Waals surface area contributed by atoms with Crippen LogP contribution in [0.1, 0.15) is 17.5 Å². The molecule has 168 valence electrons. The molecule has 2 N–H and O–H groups in total. The molecule has 0 atom stereocenters. The van der Waals surface area contributed by atoms with E-state index in [1.807, 2.05) is 26.0 Å². The molecular weight excluding hydrogens is 428 g/mol. The van der Waals surface area contributed by atoms with Gasteiger partial charge in [-0.1, -0.05) is 18.2 Å². The molecule has 0 fully saturated rings. The van der Waals surface area contributed by atoms with E-state index in [9.17, 15) is 13.2 Å². The molecule has 0 saturated heterocycles. The van der Waals surface area contributed by atoms with Gasteiger partial charge in [-0.25, -0.2) is 13.1 Å². The molecule has 0 aliphatic rings. The maximum Gasteiger partial charge on any atom is 0.240 e. The molecule has 0 radical (unpaired) electrons. The van der Waals surface area contributed by atoms with Gasteiger partial charge >= 0.3 is 0 Å². The highest BCUT2D eigenvalue weighted by Gasteiger charge is 2.15. The highest BCUT2D eigenvalue weighted by atomic mass is 32.2. The molecule has 1 amide bonds. The topological polar surface area (TPSA) is 93.7 Å². The van der Waals surface area contributed by atoms with Gasteiger partial charge in [0.05, 0.1) is 12.0 Å². The fourth-order valence-electron chi connectivity index (χ4n) is 2.92. The molecule has 0 saturated carbocycles. The lowest BCUT2D eigenvalue weighted by Gasteiger charge is -2.11. The van der Waals surface area contributed by atoms with Gasteiger partial charge in [0.1, 0.15) is 5.75 Å². The number of rotatable bonds is 9. The number of para-hydroxylation sites is 2. The summed E-state index contributed by atoms with van der Waals surface area (Å²) in [6.07, 6.45) is 0.00351. The smallest absolute Gasteiger partial charge is 0.240 e. The lowest BCUT2D eigenvalue weighted by atomic mass is 10.1. The van der Waals surface area contributed by atoms with Crippen LogP contribution in [0.5, 0.6) is 17.2 Å². The van der Waals surface area contributed by atoms with E-state index < -0.39 is 10.0 Å². The SMILES string of the molecule is COc1ccccc1Oc1ccc(NC(=O)CCNS(=O)(=O)c2ccc(C)c(C)c2)cc1. The zero-order chi connectivity index (χ0) is 23.1. The first-order valence-electron chi connectivity index (χ1n) is 10.1. The number of benzene rings is 3. The predicted octanol–water partition coefficient (Wildman–Crippen LogP) is 4.41. The number of aryl methyl sites for hydroxylation is 2. The Balaban J connectivity index is 1.51. The van der Waals surface area contributed by atoms with Crippen LogP contribution < -0.4 is 19.5 Å². The van der Waals surface area contributed by atoms with E-state index in [0.717, 1.165) is 11.1 Å². The van der Waals surface area contributed by atoms with E-state index in [1.165, 1.54) is 0 Å². The minimum Gasteiger partial charge on any atom is -0.493 e. The van der Waals surface area contributed by atoms with Crippen LogP contribution in [0.3, 0.4) is 0 Å². The van der Waals surface area contributed by atoms with Crippen LogP contribution in [0.2, 0.25) is 0 Å². The molecule has 32 heavy (non-hydrogen) atoms. The standard InChI is InChI=1S/C24H26N2O5S/c1-17-8-13-21(16-18(17)2)32(28,29)25-15-14-24(27)26-19-9-11-20(12-10-19)31-23-7-5-4-6-22(23)30-3/h4-13,16,25H,14-15H2,1-3H3,(H,26,27). The van der Waals surface area contributed by atoms with Gasteiger partial charge in [0.2, 0.25) is 15.9 Å². The second-order valence-corrected chi connectivity index (χ2v) is 8.99. The van der Waals surface area contributed by atoms with Crippen LogP contribution in [0.4, 0.5) is 5.69 Å². The quantitative estimate of drug-likeness (QED) is 0.499. The third-order valence-corrected chi connectivity index (χ3v) is 6.33. The molecule has 3 rings (SSSR count). The van der Waals surface area contributed by atoms with Crippen molar-refractivity contribution in [3.63, 3.8) is 0 Å². The van der Waals surface area contributed by atoms with Crippen molar-refractivity contribution in [2.75, 3.05) is 19.0 Å². The molecule has 0 unspecified atom stereocenters. The largest absolute Gasteiger partial charge is 0.493 e. The van der Waals surface area contributed by atoms with Gasteiger partial charge in [-0.2, -0.15) is 0 Å². The normalized spacial score (nSPS) is 11.1. The highest BCUT2D eigenvalue weighted by molar-refractivity contribution is 7.89. The van der Waals surface area contributed by atoms with Gasteiger partial charge < -0.3 is 14.8 Å². The molecule has 0 aliphatic heterocycles. The van der Waals surface area contributed by atoms with E-state index in [-0.39, 0.29) is 23.8 Å². The number of carbonyl (C=O) groups excluding carboxylic acids is 1. The molecule has 3 aromatic rings. The third-order valence-electron chi connectivity index (χ3n) is 4.87. The molecule has 3 aromatic carbocycles. The fourth-order valence-corrected chi connectivity index (χ4v) is 4.04. The molecule has 0 aliphatic carbocycles. The summed E-state index contributed by atoms with van der Waals surface area (Å²) in [6, 6.07) is 19.1. The Hall–Kier alpha value is -3.36. The number of hydrogen-bond donors (Lipinski definition) is 2. The Bertz CT molecular complexity index is 1190. The number of hydrogen-bond acceptors (Lipinski definition) is 5. The minimum atomic E-state index is -3.67. The number of carbonyl (C=O) groups is 1. The van der Waals surface area contributed by atoms with Gasteiger partial charge in [-0.3, -0.25) is 4.79 Å². The van der Waals surface area contributed by atoms with E-state index in [1.54, 1.807) is 61.7 Å². The summed E-state index contributed by atoms with van der Waals surface area (Å²) in [6.45, 7) is 3.77. The van der Waals surface area contributed by atoms with Crippen LogP contribution in [0, 0.1) is 13.8 Å². The third kappa shape index (κ3) is 6.09. The van der Waals surface area contributed by atoms with Gasteiger partial charge in [0, 0.05) is 18.7 Å². The van der Waals surface area contributed by atoms with Crippen molar-refractivity contribution in [1.82, 2.24) is 4.72 Å². The Kier molecular flexibility index (Phi) is 7.50. The van der Waals surface area contributed by atoms with Crippen LogP contribution >= 0.6 is 0 Å². The van der Waals surface area contributed by atoms with Gasteiger partial charge in [0.25, 0.3) is 0 Å². The minimum absolute atomic E-state index is 0.00351. The van der Waals surface area contributed by atoms with Gasteiger partial charge in [0.15, 0.2) is 11.5 Å². The lowest BCUT2D eigenvalue weighted by molar-refractivity contribution is -0.116. The first kappa shape index (κ1) is 23.3. The molecule has 0 heterocycles. The average molecular weight is 455 g/mol. The summed E-state index contributed by atoms with van der Waals surface area (Å²) in [7, 11) is -2.09. The number of ether oxygens (including phenoxy) is 2. The van der Waals surface area contributed by atoms with Crippen molar-refractivity contribution in [3.05, 3.63) is 77.9 Å². The first-order valence-corrected chi connectivity index (χ1v) is 11.5. The van der Waals surface area contributed by atoms with Gasteiger partial charge in [-0.05, 0) is 73.5 Å². The van der Waals surface area contributed by atoms with Crippen LogP contribution in [0.25, 0.3) is 0 Å². The predicted molar refractivity (Wildman–Crippen MR) is 124 cm³/mol.